The van der Waals surface area contributed by atoms with Crippen LogP contribution < -0.4 is 11.1 Å². The van der Waals surface area contributed by atoms with Gasteiger partial charge in [-0.05, 0) is 31.7 Å². The lowest BCUT2D eigenvalue weighted by Gasteiger charge is -2.21. The van der Waals surface area contributed by atoms with Gasteiger partial charge in [-0.15, -0.1) is 0 Å². The van der Waals surface area contributed by atoms with Crippen LogP contribution >= 0.6 is 0 Å². The van der Waals surface area contributed by atoms with Gasteiger partial charge in [0.15, 0.2) is 0 Å². The summed E-state index contributed by atoms with van der Waals surface area (Å²) >= 11 is 0. The van der Waals surface area contributed by atoms with Crippen molar-refractivity contribution in [1.82, 2.24) is 5.32 Å². The predicted octanol–water partition coefficient (Wildman–Crippen LogP) is 2.20. The summed E-state index contributed by atoms with van der Waals surface area (Å²) in [4.78, 5) is 11.3. The van der Waals surface area contributed by atoms with E-state index in [0.717, 1.165) is 25.3 Å². The van der Waals surface area contributed by atoms with Gasteiger partial charge in [0.25, 0.3) is 0 Å². The quantitative estimate of drug-likeness (QED) is 0.654. The van der Waals surface area contributed by atoms with E-state index in [4.69, 9.17) is 5.73 Å². The highest BCUT2D eigenvalue weighted by molar-refractivity contribution is 5.75. The van der Waals surface area contributed by atoms with E-state index in [2.05, 4.69) is 5.32 Å². The van der Waals surface area contributed by atoms with Crippen molar-refractivity contribution < 1.29 is 4.79 Å². The zero-order valence-electron chi connectivity index (χ0n) is 10.3. The molecule has 94 valence electrons. The van der Waals surface area contributed by atoms with Gasteiger partial charge in [0.2, 0.25) is 5.91 Å². The average molecular weight is 226 g/mol. The SMILES string of the molecule is NCCCC(=O)NCCCC1CCCCC1. The normalized spacial score (nSPS) is 17.3. The molecule has 3 heteroatoms. The highest BCUT2D eigenvalue weighted by Gasteiger charge is 2.12. The minimum Gasteiger partial charge on any atom is -0.356 e. The van der Waals surface area contributed by atoms with Gasteiger partial charge in [-0.1, -0.05) is 32.1 Å². The van der Waals surface area contributed by atoms with Crippen LogP contribution in [0.25, 0.3) is 0 Å². The molecular formula is C13H26N2O. The van der Waals surface area contributed by atoms with Crippen LogP contribution in [0, 0.1) is 5.92 Å². The molecule has 0 aromatic heterocycles. The van der Waals surface area contributed by atoms with E-state index in [0.29, 0.717) is 13.0 Å². The fourth-order valence-corrected chi connectivity index (χ4v) is 2.45. The number of carbonyl (C=O) groups is 1. The summed E-state index contributed by atoms with van der Waals surface area (Å²) in [5, 5.41) is 2.96. The molecule has 1 rings (SSSR count). The predicted molar refractivity (Wildman–Crippen MR) is 67.1 cm³/mol. The van der Waals surface area contributed by atoms with E-state index in [9.17, 15) is 4.79 Å². The van der Waals surface area contributed by atoms with E-state index >= 15 is 0 Å². The van der Waals surface area contributed by atoms with Crippen LogP contribution in [0.2, 0.25) is 0 Å². The van der Waals surface area contributed by atoms with Gasteiger partial charge in [0.1, 0.15) is 0 Å². The Balaban J connectivity index is 1.92. The molecule has 1 saturated carbocycles. The van der Waals surface area contributed by atoms with Gasteiger partial charge in [-0.25, -0.2) is 0 Å². The van der Waals surface area contributed by atoms with Crippen LogP contribution in [-0.2, 0) is 4.79 Å². The van der Waals surface area contributed by atoms with Gasteiger partial charge < -0.3 is 11.1 Å². The van der Waals surface area contributed by atoms with Crippen molar-refractivity contribution in [3.05, 3.63) is 0 Å². The largest absolute Gasteiger partial charge is 0.356 e. The Bertz CT molecular complexity index is 188. The monoisotopic (exact) mass is 226 g/mol. The molecule has 3 N–H and O–H groups in total. The Kier molecular flexibility index (Phi) is 7.23. The summed E-state index contributed by atoms with van der Waals surface area (Å²) in [7, 11) is 0. The first-order valence-electron chi connectivity index (χ1n) is 6.79. The topological polar surface area (TPSA) is 55.1 Å². The van der Waals surface area contributed by atoms with Gasteiger partial charge in [-0.3, -0.25) is 4.79 Å². The van der Waals surface area contributed by atoms with Crippen LogP contribution in [0.3, 0.4) is 0 Å². The first-order valence-corrected chi connectivity index (χ1v) is 6.79. The molecule has 1 aliphatic rings. The summed E-state index contributed by atoms with van der Waals surface area (Å²) < 4.78 is 0. The fourth-order valence-electron chi connectivity index (χ4n) is 2.45. The Hall–Kier alpha value is -0.570. The minimum absolute atomic E-state index is 0.161. The number of rotatable bonds is 7. The smallest absolute Gasteiger partial charge is 0.220 e. The van der Waals surface area contributed by atoms with Crippen molar-refractivity contribution >= 4 is 5.91 Å². The third-order valence-corrected chi connectivity index (χ3v) is 3.44. The Morgan fingerprint density at radius 2 is 1.94 bits per heavy atom. The maximum atomic E-state index is 11.3. The lowest BCUT2D eigenvalue weighted by Crippen LogP contribution is -2.25. The van der Waals surface area contributed by atoms with Crippen LogP contribution in [0.15, 0.2) is 0 Å². The summed E-state index contributed by atoms with van der Waals surface area (Å²) in [6.07, 6.45) is 10.9. The lowest BCUT2D eigenvalue weighted by molar-refractivity contribution is -0.121. The van der Waals surface area contributed by atoms with E-state index < -0.39 is 0 Å². The second-order valence-corrected chi connectivity index (χ2v) is 4.89. The molecular weight excluding hydrogens is 200 g/mol. The zero-order valence-corrected chi connectivity index (χ0v) is 10.3. The maximum absolute atomic E-state index is 11.3. The third kappa shape index (κ3) is 6.11. The minimum atomic E-state index is 0.161. The third-order valence-electron chi connectivity index (χ3n) is 3.44. The van der Waals surface area contributed by atoms with E-state index in [1.807, 2.05) is 0 Å². The maximum Gasteiger partial charge on any atom is 0.220 e. The molecule has 0 aromatic carbocycles. The number of amides is 1. The van der Waals surface area contributed by atoms with E-state index in [1.165, 1.54) is 38.5 Å². The van der Waals surface area contributed by atoms with Crippen molar-refractivity contribution in [2.75, 3.05) is 13.1 Å². The number of nitrogens with two attached hydrogens (primary N) is 1. The van der Waals surface area contributed by atoms with Crippen molar-refractivity contribution in [3.8, 4) is 0 Å². The van der Waals surface area contributed by atoms with Crippen LogP contribution in [-0.4, -0.2) is 19.0 Å². The molecule has 0 bridgehead atoms. The number of hydrogen-bond donors (Lipinski definition) is 2. The molecule has 1 aliphatic carbocycles. The van der Waals surface area contributed by atoms with Gasteiger partial charge in [0.05, 0.1) is 0 Å². The molecule has 0 radical (unpaired) electrons. The standard InChI is InChI=1S/C13H26N2O/c14-10-4-9-13(16)15-11-5-8-12-6-2-1-3-7-12/h12H,1-11,14H2,(H,15,16). The Morgan fingerprint density at radius 1 is 1.19 bits per heavy atom. The molecule has 0 aromatic rings. The van der Waals surface area contributed by atoms with Crippen molar-refractivity contribution in [2.45, 2.75) is 57.8 Å². The van der Waals surface area contributed by atoms with Crippen molar-refractivity contribution in [1.29, 1.82) is 0 Å². The number of nitrogens with one attached hydrogen (secondary N) is 1. The van der Waals surface area contributed by atoms with Crippen molar-refractivity contribution in [2.24, 2.45) is 11.7 Å². The zero-order chi connectivity index (χ0) is 11.6. The van der Waals surface area contributed by atoms with E-state index in [1.54, 1.807) is 0 Å². The van der Waals surface area contributed by atoms with Gasteiger partial charge >= 0.3 is 0 Å². The summed E-state index contributed by atoms with van der Waals surface area (Å²) in [5.41, 5.74) is 5.35. The molecule has 0 saturated heterocycles. The molecule has 1 fully saturated rings. The fraction of sp³-hybridized carbons (Fsp3) is 0.923. The molecule has 1 amide bonds. The number of hydrogen-bond acceptors (Lipinski definition) is 2. The summed E-state index contributed by atoms with van der Waals surface area (Å²) in [6.45, 7) is 1.45. The highest BCUT2D eigenvalue weighted by atomic mass is 16.1. The van der Waals surface area contributed by atoms with Crippen molar-refractivity contribution in [3.63, 3.8) is 0 Å². The second kappa shape index (κ2) is 8.57. The van der Waals surface area contributed by atoms with Gasteiger partial charge in [0, 0.05) is 13.0 Å². The molecule has 3 nitrogen and oxygen atoms in total. The van der Waals surface area contributed by atoms with Gasteiger partial charge in [-0.2, -0.15) is 0 Å². The van der Waals surface area contributed by atoms with Crippen LogP contribution in [0.4, 0.5) is 0 Å². The number of carbonyl (C=O) groups excluding carboxylic acids is 1. The lowest BCUT2D eigenvalue weighted by atomic mass is 9.86. The Morgan fingerprint density at radius 3 is 2.62 bits per heavy atom. The van der Waals surface area contributed by atoms with Crippen LogP contribution in [0.1, 0.15) is 57.8 Å². The second-order valence-electron chi connectivity index (χ2n) is 4.89. The molecule has 0 atom stereocenters. The first kappa shape index (κ1) is 13.5. The molecule has 0 spiro atoms. The molecule has 0 aliphatic heterocycles. The van der Waals surface area contributed by atoms with E-state index in [-0.39, 0.29) is 5.91 Å². The summed E-state index contributed by atoms with van der Waals surface area (Å²) in [5.74, 6) is 1.09. The Labute approximate surface area is 99.2 Å². The highest BCUT2D eigenvalue weighted by Crippen LogP contribution is 2.26. The molecule has 16 heavy (non-hydrogen) atoms. The molecule has 0 unspecified atom stereocenters. The average Bonchev–Trinajstić information content (AvgIpc) is 2.33. The first-order chi connectivity index (χ1) is 7.83. The summed E-state index contributed by atoms with van der Waals surface area (Å²) in [6, 6.07) is 0. The molecule has 0 heterocycles. The van der Waals surface area contributed by atoms with Crippen LogP contribution in [0.5, 0.6) is 0 Å².